The number of carbonyl (C=O) groups excluding carboxylic acids is 1. The summed E-state index contributed by atoms with van der Waals surface area (Å²) < 4.78 is 27.0. The Balaban J connectivity index is 2.02. The Hall–Kier alpha value is -2.14. The van der Waals surface area contributed by atoms with Crippen molar-refractivity contribution in [3.8, 4) is 0 Å². The topological polar surface area (TPSA) is 64.2 Å². The molecule has 3 rings (SSSR count). The summed E-state index contributed by atoms with van der Waals surface area (Å²) in [5, 5.41) is 0. The van der Waals surface area contributed by atoms with Gasteiger partial charge in [-0.25, -0.2) is 12.7 Å². The van der Waals surface area contributed by atoms with E-state index < -0.39 is 10.0 Å². The number of amides is 1. The van der Waals surface area contributed by atoms with Gasteiger partial charge in [0.25, 0.3) is 5.91 Å². The second kappa shape index (κ2) is 9.15. The van der Waals surface area contributed by atoms with Crippen LogP contribution in [0, 0.1) is 0 Å². The van der Waals surface area contributed by atoms with E-state index in [4.69, 9.17) is 12.2 Å². The molecule has 0 saturated carbocycles. The summed E-state index contributed by atoms with van der Waals surface area (Å²) in [5.41, 5.74) is 1.76. The first-order valence-electron chi connectivity index (χ1n) is 9.85. The van der Waals surface area contributed by atoms with E-state index in [2.05, 4.69) is 16.4 Å². The predicted octanol–water partition coefficient (Wildman–Crippen LogP) is 3.37. The van der Waals surface area contributed by atoms with Gasteiger partial charge in [-0.15, -0.1) is 6.58 Å². The molecule has 2 aliphatic heterocycles. The monoisotopic (exact) mass is 478 g/mol. The zero-order valence-corrected chi connectivity index (χ0v) is 20.5. The number of fused-ring (bicyclic) bond motifs is 1. The first kappa shape index (κ1) is 23.5. The molecule has 1 fully saturated rings. The van der Waals surface area contributed by atoms with Gasteiger partial charge in [-0.1, -0.05) is 30.1 Å². The summed E-state index contributed by atoms with van der Waals surface area (Å²) >= 11 is 6.58. The van der Waals surface area contributed by atoms with Crippen molar-refractivity contribution in [3.63, 3.8) is 0 Å². The highest BCUT2D eigenvalue weighted by Crippen LogP contribution is 2.43. The summed E-state index contributed by atoms with van der Waals surface area (Å²) in [4.78, 5) is 19.1. The van der Waals surface area contributed by atoms with Crippen LogP contribution in [0.15, 0.2) is 58.6 Å². The average molecular weight is 479 g/mol. The zero-order chi connectivity index (χ0) is 22.9. The van der Waals surface area contributed by atoms with Gasteiger partial charge < -0.3 is 9.80 Å². The Kier molecular flexibility index (Phi) is 6.95. The van der Waals surface area contributed by atoms with Crippen LogP contribution in [-0.2, 0) is 14.8 Å². The SMILES string of the molecule is C=CCN1C(=O)/C(=C/C=C2/N(CC)c3ccc(S(=O)(=O)N(C)C)cc3N2CC)SC1=S. The molecule has 1 amide bonds. The summed E-state index contributed by atoms with van der Waals surface area (Å²) in [6.45, 7) is 9.44. The summed E-state index contributed by atoms with van der Waals surface area (Å²) in [5.74, 6) is 0.751. The lowest BCUT2D eigenvalue weighted by atomic mass is 10.2. The van der Waals surface area contributed by atoms with Crippen LogP contribution >= 0.6 is 24.0 Å². The van der Waals surface area contributed by atoms with Crippen molar-refractivity contribution in [1.29, 1.82) is 0 Å². The molecule has 0 N–H and O–H groups in total. The van der Waals surface area contributed by atoms with Crippen LogP contribution in [0.5, 0.6) is 0 Å². The number of carbonyl (C=O) groups is 1. The second-order valence-electron chi connectivity index (χ2n) is 7.05. The Bertz CT molecular complexity index is 1090. The van der Waals surface area contributed by atoms with Gasteiger partial charge in [0.05, 0.1) is 21.2 Å². The van der Waals surface area contributed by atoms with Crippen molar-refractivity contribution in [2.75, 3.05) is 43.5 Å². The van der Waals surface area contributed by atoms with Gasteiger partial charge >= 0.3 is 0 Å². The first-order valence-corrected chi connectivity index (χ1v) is 12.5. The number of thiocarbonyl (C=S) groups is 1. The molecule has 2 aliphatic rings. The largest absolute Gasteiger partial charge is 0.326 e. The van der Waals surface area contributed by atoms with Gasteiger partial charge in [-0.2, -0.15) is 0 Å². The molecule has 0 unspecified atom stereocenters. The number of rotatable bonds is 7. The minimum Gasteiger partial charge on any atom is -0.326 e. The van der Waals surface area contributed by atoms with E-state index >= 15 is 0 Å². The lowest BCUT2D eigenvalue weighted by Crippen LogP contribution is -2.28. The number of benzene rings is 1. The minimum absolute atomic E-state index is 0.132. The molecule has 0 radical (unpaired) electrons. The van der Waals surface area contributed by atoms with Crippen LogP contribution in [0.4, 0.5) is 11.4 Å². The molecule has 0 spiro atoms. The molecule has 7 nitrogen and oxygen atoms in total. The van der Waals surface area contributed by atoms with E-state index in [0.29, 0.717) is 28.9 Å². The number of sulfonamides is 1. The van der Waals surface area contributed by atoms with Gasteiger partial charge in [0.2, 0.25) is 10.0 Å². The van der Waals surface area contributed by atoms with Crippen LogP contribution < -0.4 is 9.80 Å². The first-order chi connectivity index (χ1) is 14.7. The van der Waals surface area contributed by atoms with Gasteiger partial charge in [0, 0.05) is 33.7 Å². The Morgan fingerprint density at radius 3 is 2.32 bits per heavy atom. The Morgan fingerprint density at radius 2 is 1.74 bits per heavy atom. The maximum Gasteiger partial charge on any atom is 0.266 e. The zero-order valence-electron chi connectivity index (χ0n) is 18.0. The maximum atomic E-state index is 12.6. The van der Waals surface area contributed by atoms with Crippen molar-refractivity contribution in [1.82, 2.24) is 9.21 Å². The van der Waals surface area contributed by atoms with Crippen molar-refractivity contribution in [2.24, 2.45) is 0 Å². The van der Waals surface area contributed by atoms with E-state index in [1.807, 2.05) is 26.0 Å². The summed E-state index contributed by atoms with van der Waals surface area (Å²) in [6, 6.07) is 5.18. The molecule has 1 aromatic carbocycles. The smallest absolute Gasteiger partial charge is 0.266 e. The van der Waals surface area contributed by atoms with E-state index in [0.717, 1.165) is 17.2 Å². The number of hydrogen-bond acceptors (Lipinski definition) is 7. The average Bonchev–Trinajstić information content (AvgIpc) is 3.19. The van der Waals surface area contributed by atoms with Crippen molar-refractivity contribution in [2.45, 2.75) is 18.7 Å². The van der Waals surface area contributed by atoms with Crippen LogP contribution in [0.1, 0.15) is 13.8 Å². The van der Waals surface area contributed by atoms with E-state index in [1.54, 1.807) is 24.3 Å². The molecule has 1 aromatic rings. The number of thioether (sulfide) groups is 1. The second-order valence-corrected chi connectivity index (χ2v) is 10.9. The summed E-state index contributed by atoms with van der Waals surface area (Å²) in [6.07, 6.45) is 5.33. The van der Waals surface area contributed by atoms with Crippen molar-refractivity contribution in [3.05, 3.63) is 53.7 Å². The summed E-state index contributed by atoms with van der Waals surface area (Å²) in [7, 11) is -0.501. The van der Waals surface area contributed by atoms with Gasteiger partial charge in [-0.3, -0.25) is 9.69 Å². The van der Waals surface area contributed by atoms with Crippen LogP contribution in [0.3, 0.4) is 0 Å². The molecule has 2 heterocycles. The lowest BCUT2D eigenvalue weighted by molar-refractivity contribution is -0.121. The standard InChI is InChI=1S/C21H26N4O3S3/c1-6-13-25-20(26)18(30-21(25)29)11-12-19-23(7-2)16-10-9-15(31(27,28)22(4)5)14-17(16)24(19)8-3/h6,9-12,14H,1,7-8,13H2,2-5H3/b18-11-,19-12-. The molecule has 31 heavy (non-hydrogen) atoms. The number of hydrogen-bond donors (Lipinski definition) is 0. The van der Waals surface area contributed by atoms with Crippen LogP contribution in [0.2, 0.25) is 0 Å². The third kappa shape index (κ3) is 4.17. The fraction of sp³-hybridized carbons (Fsp3) is 0.333. The van der Waals surface area contributed by atoms with E-state index in [-0.39, 0.29) is 10.8 Å². The molecule has 166 valence electrons. The highest BCUT2D eigenvalue weighted by molar-refractivity contribution is 8.26. The van der Waals surface area contributed by atoms with Crippen LogP contribution in [0.25, 0.3) is 0 Å². The van der Waals surface area contributed by atoms with E-state index in [9.17, 15) is 13.2 Å². The molecular weight excluding hydrogens is 452 g/mol. The minimum atomic E-state index is -3.54. The van der Waals surface area contributed by atoms with E-state index in [1.165, 1.54) is 35.1 Å². The molecule has 0 aliphatic carbocycles. The third-order valence-electron chi connectivity index (χ3n) is 5.06. The molecule has 1 saturated heterocycles. The van der Waals surface area contributed by atoms with Crippen molar-refractivity contribution < 1.29 is 13.2 Å². The molecule has 0 atom stereocenters. The van der Waals surface area contributed by atoms with Crippen molar-refractivity contribution >= 4 is 55.6 Å². The quantitative estimate of drug-likeness (QED) is 0.338. The molecule has 0 aromatic heterocycles. The molecule has 0 bridgehead atoms. The maximum absolute atomic E-state index is 12.6. The molecular formula is C21H26N4O3S3. The number of anilines is 2. The number of nitrogens with zero attached hydrogens (tertiary/aromatic N) is 4. The van der Waals surface area contributed by atoms with Gasteiger partial charge in [0.1, 0.15) is 10.1 Å². The Labute approximate surface area is 193 Å². The normalized spacial score (nSPS) is 19.3. The highest BCUT2D eigenvalue weighted by atomic mass is 32.2. The Morgan fingerprint density at radius 1 is 1.10 bits per heavy atom. The highest BCUT2D eigenvalue weighted by Gasteiger charge is 2.33. The number of allylic oxidation sites excluding steroid dienone is 2. The third-order valence-corrected chi connectivity index (χ3v) is 8.27. The van der Waals surface area contributed by atoms with Gasteiger partial charge in [-0.05, 0) is 44.2 Å². The fourth-order valence-corrected chi connectivity index (χ4v) is 5.65. The van der Waals surface area contributed by atoms with Gasteiger partial charge in [0.15, 0.2) is 0 Å². The lowest BCUT2D eigenvalue weighted by Gasteiger charge is -2.23. The predicted molar refractivity (Wildman–Crippen MR) is 132 cm³/mol. The molecule has 10 heteroatoms. The van der Waals surface area contributed by atoms with Crippen LogP contribution in [-0.4, -0.2) is 61.6 Å². The fourth-order valence-electron chi connectivity index (χ4n) is 3.51.